The number of benzene rings is 3. The van der Waals surface area contributed by atoms with Crippen LogP contribution in [0, 0.1) is 0 Å². The average Bonchev–Trinajstić information content (AvgIpc) is 2.97. The lowest BCUT2D eigenvalue weighted by atomic mass is 10.00. The van der Waals surface area contributed by atoms with Gasteiger partial charge in [-0.25, -0.2) is 4.79 Å². The summed E-state index contributed by atoms with van der Waals surface area (Å²) in [4.78, 5) is 20.2. The molecule has 8 nitrogen and oxygen atoms in total. The van der Waals surface area contributed by atoms with Gasteiger partial charge in [0.1, 0.15) is 11.5 Å². The van der Waals surface area contributed by atoms with Crippen LogP contribution in [0.4, 0.5) is 29.3 Å². The number of methoxy groups -OCH3 is 2. The second kappa shape index (κ2) is 12.0. The number of amides is 2. The SMILES string of the molecule is COc1cc(OC)c(C(F)(F)F)cc1NC(=O)Nc1ccc(-c2cccc(CN3CCOCC3)n2)c2ccccc12. The Kier molecular flexibility index (Phi) is 8.27. The molecule has 2 heterocycles. The Labute approximate surface area is 235 Å². The first-order valence-electron chi connectivity index (χ1n) is 13.0. The Bertz CT molecular complexity index is 1560. The molecule has 2 N–H and O–H groups in total. The number of aromatic nitrogens is 1. The third kappa shape index (κ3) is 6.36. The molecule has 0 bridgehead atoms. The highest BCUT2D eigenvalue weighted by Crippen LogP contribution is 2.42. The monoisotopic (exact) mass is 566 g/mol. The Morgan fingerprint density at radius 1 is 0.902 bits per heavy atom. The van der Waals surface area contributed by atoms with E-state index >= 15 is 0 Å². The number of anilines is 2. The molecule has 0 radical (unpaired) electrons. The van der Waals surface area contributed by atoms with Crippen LogP contribution in [0.2, 0.25) is 0 Å². The molecule has 2 amide bonds. The standard InChI is InChI=1S/C30H29F3N4O4/c1-39-27-17-28(40-2)26(16-23(27)30(31,32)33)36-29(38)35-25-11-10-22(20-7-3-4-8-21(20)25)24-9-5-6-19(34-24)18-37-12-14-41-15-13-37/h3-11,16-17H,12-15,18H2,1-2H3,(H2,35,36,38). The maximum absolute atomic E-state index is 13.6. The number of carbonyl (C=O) groups excluding carboxylic acids is 1. The van der Waals surface area contributed by atoms with E-state index < -0.39 is 23.5 Å². The number of pyridine rings is 1. The molecule has 1 saturated heterocycles. The van der Waals surface area contributed by atoms with Crippen molar-refractivity contribution in [1.82, 2.24) is 9.88 Å². The molecule has 0 saturated carbocycles. The molecule has 0 atom stereocenters. The van der Waals surface area contributed by atoms with Crippen molar-refractivity contribution in [2.24, 2.45) is 0 Å². The second-order valence-electron chi connectivity index (χ2n) is 9.44. The van der Waals surface area contributed by atoms with Gasteiger partial charge in [0.15, 0.2) is 0 Å². The minimum Gasteiger partial charge on any atom is -0.496 e. The summed E-state index contributed by atoms with van der Waals surface area (Å²) in [5.74, 6) is -0.391. The summed E-state index contributed by atoms with van der Waals surface area (Å²) < 4.78 is 56.2. The van der Waals surface area contributed by atoms with Gasteiger partial charge in [-0.2, -0.15) is 13.2 Å². The molecule has 11 heteroatoms. The topological polar surface area (TPSA) is 85.0 Å². The Balaban J connectivity index is 1.41. The number of halogens is 3. The number of nitrogens with zero attached hydrogens (tertiary/aromatic N) is 2. The van der Waals surface area contributed by atoms with Crippen LogP contribution in [0.5, 0.6) is 11.5 Å². The van der Waals surface area contributed by atoms with Gasteiger partial charge in [0.25, 0.3) is 0 Å². The molecule has 5 rings (SSSR count). The minimum atomic E-state index is -4.69. The van der Waals surface area contributed by atoms with E-state index in [0.717, 1.165) is 66.6 Å². The molecule has 3 aromatic carbocycles. The lowest BCUT2D eigenvalue weighted by molar-refractivity contribution is -0.138. The normalized spacial score (nSPS) is 14.1. The number of carbonyl (C=O) groups is 1. The first-order chi connectivity index (χ1) is 19.8. The highest BCUT2D eigenvalue weighted by Gasteiger charge is 2.35. The molecule has 0 unspecified atom stereocenters. The van der Waals surface area contributed by atoms with Gasteiger partial charge in [-0.1, -0.05) is 36.4 Å². The van der Waals surface area contributed by atoms with Crippen LogP contribution in [0.15, 0.2) is 66.7 Å². The van der Waals surface area contributed by atoms with E-state index in [0.29, 0.717) is 18.9 Å². The number of nitrogens with one attached hydrogen (secondary N) is 2. The second-order valence-corrected chi connectivity index (χ2v) is 9.44. The lowest BCUT2D eigenvalue weighted by Gasteiger charge is -2.26. The summed E-state index contributed by atoms with van der Waals surface area (Å²) in [6.07, 6.45) is -4.69. The minimum absolute atomic E-state index is 0.0215. The first kappa shape index (κ1) is 28.2. The summed E-state index contributed by atoms with van der Waals surface area (Å²) >= 11 is 0. The van der Waals surface area contributed by atoms with Crippen LogP contribution in [0.3, 0.4) is 0 Å². The number of hydrogen-bond donors (Lipinski definition) is 2. The van der Waals surface area contributed by atoms with E-state index in [2.05, 4.69) is 15.5 Å². The number of fused-ring (bicyclic) bond motifs is 1. The zero-order valence-electron chi connectivity index (χ0n) is 22.5. The molecule has 0 spiro atoms. The fourth-order valence-electron chi connectivity index (χ4n) is 4.83. The van der Waals surface area contributed by atoms with Crippen molar-refractivity contribution in [1.29, 1.82) is 0 Å². The van der Waals surface area contributed by atoms with Crippen molar-refractivity contribution >= 4 is 28.2 Å². The fourth-order valence-corrected chi connectivity index (χ4v) is 4.83. The summed E-state index contributed by atoms with van der Waals surface area (Å²) in [5, 5.41) is 6.85. The van der Waals surface area contributed by atoms with Crippen LogP contribution < -0.4 is 20.1 Å². The lowest BCUT2D eigenvalue weighted by Crippen LogP contribution is -2.35. The highest BCUT2D eigenvalue weighted by atomic mass is 19.4. The van der Waals surface area contributed by atoms with E-state index in [1.165, 1.54) is 7.11 Å². The molecular weight excluding hydrogens is 537 g/mol. The fraction of sp³-hybridized carbons (Fsp3) is 0.267. The number of morpholine rings is 1. The van der Waals surface area contributed by atoms with Crippen molar-refractivity contribution in [3.8, 4) is 22.8 Å². The van der Waals surface area contributed by atoms with Gasteiger partial charge in [0.2, 0.25) is 0 Å². The Morgan fingerprint density at radius 2 is 1.61 bits per heavy atom. The van der Waals surface area contributed by atoms with Crippen molar-refractivity contribution in [3.63, 3.8) is 0 Å². The van der Waals surface area contributed by atoms with E-state index in [1.54, 1.807) is 6.07 Å². The molecule has 1 aliphatic heterocycles. The third-order valence-corrected chi connectivity index (χ3v) is 6.82. The summed E-state index contributed by atoms with van der Waals surface area (Å²) in [6.45, 7) is 3.86. The van der Waals surface area contributed by atoms with Crippen LogP contribution in [0.1, 0.15) is 11.3 Å². The number of rotatable bonds is 7. The Morgan fingerprint density at radius 3 is 2.32 bits per heavy atom. The third-order valence-electron chi connectivity index (χ3n) is 6.82. The quantitative estimate of drug-likeness (QED) is 0.269. The van der Waals surface area contributed by atoms with Crippen molar-refractivity contribution < 1.29 is 32.2 Å². The van der Waals surface area contributed by atoms with E-state index in [9.17, 15) is 18.0 Å². The summed E-state index contributed by atoms with van der Waals surface area (Å²) in [6, 6.07) is 18.2. The number of urea groups is 1. The van der Waals surface area contributed by atoms with Gasteiger partial charge >= 0.3 is 12.2 Å². The van der Waals surface area contributed by atoms with E-state index in [4.69, 9.17) is 19.2 Å². The number of ether oxygens (including phenoxy) is 3. The van der Waals surface area contributed by atoms with Gasteiger partial charge in [-0.3, -0.25) is 9.88 Å². The van der Waals surface area contributed by atoms with Crippen molar-refractivity contribution in [2.45, 2.75) is 12.7 Å². The zero-order valence-corrected chi connectivity index (χ0v) is 22.5. The largest absolute Gasteiger partial charge is 0.496 e. The van der Waals surface area contributed by atoms with Crippen LogP contribution in [-0.2, 0) is 17.5 Å². The zero-order chi connectivity index (χ0) is 29.0. The van der Waals surface area contributed by atoms with Gasteiger partial charge in [-0.15, -0.1) is 0 Å². The summed E-state index contributed by atoms with van der Waals surface area (Å²) in [5.41, 5.74) is 1.93. The molecule has 1 aromatic heterocycles. The molecule has 1 fully saturated rings. The van der Waals surface area contributed by atoms with E-state index in [-0.39, 0.29) is 11.4 Å². The van der Waals surface area contributed by atoms with Gasteiger partial charge < -0.3 is 24.8 Å². The van der Waals surface area contributed by atoms with Crippen LogP contribution in [0.25, 0.3) is 22.0 Å². The maximum atomic E-state index is 13.6. The average molecular weight is 567 g/mol. The van der Waals surface area contributed by atoms with Gasteiger partial charge in [0, 0.05) is 36.7 Å². The molecular formula is C30H29F3N4O4. The van der Waals surface area contributed by atoms with Gasteiger partial charge in [0.05, 0.1) is 55.8 Å². The molecule has 214 valence electrons. The van der Waals surface area contributed by atoms with Gasteiger partial charge in [-0.05, 0) is 29.7 Å². The predicted octanol–water partition coefficient (Wildman–Crippen LogP) is 6.41. The first-order valence-corrected chi connectivity index (χ1v) is 13.0. The summed E-state index contributed by atoms with van der Waals surface area (Å²) in [7, 11) is 2.43. The van der Waals surface area contributed by atoms with E-state index in [1.807, 2.05) is 48.5 Å². The number of hydrogen-bond acceptors (Lipinski definition) is 6. The van der Waals surface area contributed by atoms with Crippen molar-refractivity contribution in [2.75, 3.05) is 51.2 Å². The smallest absolute Gasteiger partial charge is 0.420 e. The Hall–Kier alpha value is -4.35. The highest BCUT2D eigenvalue weighted by molar-refractivity contribution is 6.09. The maximum Gasteiger partial charge on any atom is 0.420 e. The van der Waals surface area contributed by atoms with Crippen molar-refractivity contribution in [3.05, 3.63) is 78.0 Å². The number of alkyl halides is 3. The predicted molar refractivity (Wildman–Crippen MR) is 150 cm³/mol. The van der Waals surface area contributed by atoms with Crippen LogP contribution in [-0.4, -0.2) is 56.4 Å². The molecule has 41 heavy (non-hydrogen) atoms. The molecule has 0 aliphatic carbocycles. The van der Waals surface area contributed by atoms with Crippen LogP contribution >= 0.6 is 0 Å². The molecule has 1 aliphatic rings. The molecule has 4 aromatic rings.